The fraction of sp³-hybridized carbons (Fsp3) is 0.111. The van der Waals surface area contributed by atoms with Gasteiger partial charge in [-0.2, -0.15) is 4.99 Å². The van der Waals surface area contributed by atoms with Gasteiger partial charge in [-0.05, 0) is 24.3 Å². The van der Waals surface area contributed by atoms with E-state index >= 15 is 0 Å². The third kappa shape index (κ3) is 1.44. The molecule has 0 spiro atoms. The number of benzene rings is 1. The normalized spacial score (nSPS) is 15.9. The quantitative estimate of drug-likeness (QED) is 0.706. The van der Waals surface area contributed by atoms with Crippen LogP contribution in [-0.4, -0.2) is 18.4 Å². The van der Waals surface area contributed by atoms with Crippen LogP contribution in [0.1, 0.15) is 0 Å². The van der Waals surface area contributed by atoms with Crippen LogP contribution in [0.4, 0.5) is 10.1 Å². The highest BCUT2D eigenvalue weighted by Crippen LogP contribution is 2.16. The zero-order valence-electron chi connectivity index (χ0n) is 7.27. The first-order chi connectivity index (χ1) is 6.66. The van der Waals surface area contributed by atoms with E-state index in [1.807, 2.05) is 0 Å². The van der Waals surface area contributed by atoms with Gasteiger partial charge in [0.1, 0.15) is 12.4 Å². The number of amides is 1. The number of rotatable bonds is 1. The van der Waals surface area contributed by atoms with Gasteiger partial charge in [-0.15, -0.1) is 0 Å². The average molecular weight is 193 g/mol. The largest absolute Gasteiger partial charge is 0.369 e. The molecule has 0 atom stereocenters. The van der Waals surface area contributed by atoms with Gasteiger partial charge < -0.3 is 10.6 Å². The van der Waals surface area contributed by atoms with Gasteiger partial charge in [0.25, 0.3) is 5.91 Å². The van der Waals surface area contributed by atoms with Crippen LogP contribution in [0.25, 0.3) is 0 Å². The molecule has 0 fully saturated rings. The molecule has 2 rings (SSSR count). The minimum Gasteiger partial charge on any atom is -0.369 e. The molecule has 14 heavy (non-hydrogen) atoms. The summed E-state index contributed by atoms with van der Waals surface area (Å²) in [5.74, 6) is -0.455. The summed E-state index contributed by atoms with van der Waals surface area (Å²) >= 11 is 0. The van der Waals surface area contributed by atoms with Gasteiger partial charge in [-0.25, -0.2) is 4.39 Å². The van der Waals surface area contributed by atoms with E-state index in [-0.39, 0.29) is 24.2 Å². The number of carbonyl (C=O) groups excluding carboxylic acids is 1. The number of guanidine groups is 1. The first-order valence-electron chi connectivity index (χ1n) is 4.07. The van der Waals surface area contributed by atoms with Gasteiger partial charge in [0.2, 0.25) is 5.96 Å². The van der Waals surface area contributed by atoms with Gasteiger partial charge in [-0.1, -0.05) is 0 Å². The number of nitrogens with two attached hydrogens (primary N) is 1. The number of anilines is 1. The first kappa shape index (κ1) is 8.68. The summed E-state index contributed by atoms with van der Waals surface area (Å²) in [4.78, 5) is 16.0. The molecule has 5 heteroatoms. The second-order valence-electron chi connectivity index (χ2n) is 2.93. The van der Waals surface area contributed by atoms with Crippen molar-refractivity contribution in [2.24, 2.45) is 10.7 Å². The molecule has 1 aromatic rings. The monoisotopic (exact) mass is 193 g/mol. The summed E-state index contributed by atoms with van der Waals surface area (Å²) in [6, 6.07) is 5.73. The Labute approximate surface area is 79.8 Å². The standard InChI is InChI=1S/C9H8FN3O/c10-6-1-3-7(4-2-6)13-5-8(14)12-9(13)11/h1-4H,5H2,(H2,11,12,14). The van der Waals surface area contributed by atoms with Crippen LogP contribution in [0.5, 0.6) is 0 Å². The van der Waals surface area contributed by atoms with Crippen molar-refractivity contribution in [3.8, 4) is 0 Å². The molecule has 0 aliphatic carbocycles. The molecule has 0 saturated carbocycles. The Kier molecular flexibility index (Phi) is 1.92. The maximum atomic E-state index is 12.6. The zero-order chi connectivity index (χ0) is 10.1. The smallest absolute Gasteiger partial charge is 0.268 e. The van der Waals surface area contributed by atoms with E-state index in [0.29, 0.717) is 5.69 Å². The molecular weight excluding hydrogens is 185 g/mol. The van der Waals surface area contributed by atoms with Crippen molar-refractivity contribution in [2.75, 3.05) is 11.4 Å². The van der Waals surface area contributed by atoms with Gasteiger partial charge in [0.05, 0.1) is 0 Å². The Bertz CT molecular complexity index is 399. The van der Waals surface area contributed by atoms with Crippen molar-refractivity contribution in [2.45, 2.75) is 0 Å². The minimum atomic E-state index is -0.324. The van der Waals surface area contributed by atoms with Crippen LogP contribution < -0.4 is 10.6 Å². The number of halogens is 1. The fourth-order valence-corrected chi connectivity index (χ4v) is 1.28. The number of hydrogen-bond donors (Lipinski definition) is 1. The van der Waals surface area contributed by atoms with Crippen molar-refractivity contribution in [3.05, 3.63) is 30.1 Å². The summed E-state index contributed by atoms with van der Waals surface area (Å²) in [5, 5.41) is 0. The van der Waals surface area contributed by atoms with Crippen LogP contribution in [0, 0.1) is 5.82 Å². The number of nitrogens with zero attached hydrogens (tertiary/aromatic N) is 2. The van der Waals surface area contributed by atoms with E-state index in [1.54, 1.807) is 12.1 Å². The summed E-state index contributed by atoms with van der Waals surface area (Å²) in [6.07, 6.45) is 0. The Morgan fingerprint density at radius 2 is 2.00 bits per heavy atom. The Morgan fingerprint density at radius 3 is 2.50 bits per heavy atom. The predicted molar refractivity (Wildman–Crippen MR) is 50.4 cm³/mol. The van der Waals surface area contributed by atoms with Crippen molar-refractivity contribution < 1.29 is 9.18 Å². The predicted octanol–water partition coefficient (Wildman–Crippen LogP) is 0.487. The molecule has 4 nitrogen and oxygen atoms in total. The number of aliphatic imine (C=N–C) groups is 1. The van der Waals surface area contributed by atoms with Crippen LogP contribution in [-0.2, 0) is 4.79 Å². The molecule has 0 saturated heterocycles. The summed E-state index contributed by atoms with van der Waals surface area (Å²) in [6.45, 7) is 0.122. The lowest BCUT2D eigenvalue weighted by Gasteiger charge is -2.15. The first-order valence-corrected chi connectivity index (χ1v) is 4.07. The molecule has 1 heterocycles. The van der Waals surface area contributed by atoms with Crippen LogP contribution in [0.15, 0.2) is 29.3 Å². The van der Waals surface area contributed by atoms with Crippen molar-refractivity contribution in [1.82, 2.24) is 0 Å². The lowest BCUT2D eigenvalue weighted by atomic mass is 10.3. The molecule has 72 valence electrons. The third-order valence-corrected chi connectivity index (χ3v) is 1.95. The molecule has 2 N–H and O–H groups in total. The molecular formula is C9H8FN3O. The number of carbonyl (C=O) groups is 1. The SMILES string of the molecule is NC1=NC(=O)CN1c1ccc(F)cc1. The second kappa shape index (κ2) is 3.10. The maximum absolute atomic E-state index is 12.6. The van der Waals surface area contributed by atoms with Gasteiger partial charge in [-0.3, -0.25) is 4.79 Å². The number of hydrogen-bond acceptors (Lipinski definition) is 3. The topological polar surface area (TPSA) is 58.7 Å². The van der Waals surface area contributed by atoms with Crippen molar-refractivity contribution >= 4 is 17.6 Å². The van der Waals surface area contributed by atoms with E-state index in [4.69, 9.17) is 5.73 Å². The van der Waals surface area contributed by atoms with Crippen LogP contribution in [0.2, 0.25) is 0 Å². The highest BCUT2D eigenvalue weighted by Gasteiger charge is 2.21. The molecule has 0 aromatic heterocycles. The summed E-state index contributed by atoms with van der Waals surface area (Å²) < 4.78 is 12.6. The third-order valence-electron chi connectivity index (χ3n) is 1.95. The molecule has 1 amide bonds. The fourth-order valence-electron chi connectivity index (χ4n) is 1.28. The lowest BCUT2D eigenvalue weighted by molar-refractivity contribution is -0.115. The zero-order valence-corrected chi connectivity index (χ0v) is 7.27. The van der Waals surface area contributed by atoms with E-state index in [2.05, 4.69) is 4.99 Å². The van der Waals surface area contributed by atoms with E-state index in [9.17, 15) is 9.18 Å². The highest BCUT2D eigenvalue weighted by atomic mass is 19.1. The summed E-state index contributed by atoms with van der Waals surface area (Å²) in [5.41, 5.74) is 6.17. The second-order valence-corrected chi connectivity index (χ2v) is 2.93. The molecule has 1 aliphatic rings. The van der Waals surface area contributed by atoms with Crippen molar-refractivity contribution in [1.29, 1.82) is 0 Å². The van der Waals surface area contributed by atoms with Gasteiger partial charge in [0, 0.05) is 5.69 Å². The minimum absolute atomic E-state index is 0.122. The maximum Gasteiger partial charge on any atom is 0.268 e. The Morgan fingerprint density at radius 1 is 1.36 bits per heavy atom. The molecule has 0 unspecified atom stereocenters. The Balaban J connectivity index is 2.29. The van der Waals surface area contributed by atoms with Gasteiger partial charge in [0.15, 0.2) is 0 Å². The molecule has 0 bridgehead atoms. The van der Waals surface area contributed by atoms with Gasteiger partial charge >= 0.3 is 0 Å². The highest BCUT2D eigenvalue weighted by molar-refractivity contribution is 6.10. The Hall–Kier alpha value is -1.91. The van der Waals surface area contributed by atoms with E-state index in [1.165, 1.54) is 17.0 Å². The molecule has 0 radical (unpaired) electrons. The van der Waals surface area contributed by atoms with E-state index in [0.717, 1.165) is 0 Å². The summed E-state index contributed by atoms with van der Waals surface area (Å²) in [7, 11) is 0. The lowest BCUT2D eigenvalue weighted by Crippen LogP contribution is -2.33. The van der Waals surface area contributed by atoms with Crippen molar-refractivity contribution in [3.63, 3.8) is 0 Å². The van der Waals surface area contributed by atoms with Crippen LogP contribution >= 0.6 is 0 Å². The van der Waals surface area contributed by atoms with Crippen LogP contribution in [0.3, 0.4) is 0 Å². The molecule has 1 aromatic carbocycles. The molecule has 1 aliphatic heterocycles. The van der Waals surface area contributed by atoms with E-state index < -0.39 is 0 Å². The average Bonchev–Trinajstić information content (AvgIpc) is 2.47.